The molecule has 0 saturated heterocycles. The Morgan fingerprint density at radius 1 is 1.37 bits per heavy atom. The summed E-state index contributed by atoms with van der Waals surface area (Å²) in [6.07, 6.45) is 1.39. The number of nitrogens with zero attached hydrogens (tertiary/aromatic N) is 1. The highest BCUT2D eigenvalue weighted by Gasteiger charge is 2.17. The van der Waals surface area contributed by atoms with E-state index in [1.807, 2.05) is 0 Å². The second-order valence-electron chi connectivity index (χ2n) is 3.88. The normalized spacial score (nSPS) is 13.2. The lowest BCUT2D eigenvalue weighted by atomic mass is 10.2. The van der Waals surface area contributed by atoms with Gasteiger partial charge >= 0.3 is 0 Å². The molecule has 7 heteroatoms. The molecule has 96 valence electrons. The molecular formula is C12H9N3O4. The zero-order valence-corrected chi connectivity index (χ0v) is 9.67. The molecule has 2 aromatic rings. The van der Waals surface area contributed by atoms with Gasteiger partial charge in [0, 0.05) is 17.8 Å². The molecule has 7 nitrogen and oxygen atoms in total. The Hall–Kier alpha value is -2.83. The van der Waals surface area contributed by atoms with Crippen LogP contribution in [0, 0.1) is 0 Å². The molecule has 2 heterocycles. The van der Waals surface area contributed by atoms with E-state index in [2.05, 4.69) is 15.8 Å². The number of carbonyl (C=O) groups excluding carboxylic acids is 2. The van der Waals surface area contributed by atoms with Crippen LogP contribution in [0.4, 0.5) is 11.4 Å². The number of rotatable bonds is 2. The molecule has 19 heavy (non-hydrogen) atoms. The smallest absolute Gasteiger partial charge is 0.294 e. The summed E-state index contributed by atoms with van der Waals surface area (Å²) in [7, 11) is 0. The number of ether oxygens (including phenoxy) is 1. The maximum Gasteiger partial charge on any atom is 0.294 e. The first kappa shape index (κ1) is 11.3. The highest BCUT2D eigenvalue weighted by atomic mass is 16.5. The van der Waals surface area contributed by atoms with E-state index in [0.29, 0.717) is 17.1 Å². The molecule has 0 aliphatic carbocycles. The van der Waals surface area contributed by atoms with Gasteiger partial charge in [0.1, 0.15) is 5.75 Å². The lowest BCUT2D eigenvalue weighted by Gasteiger charge is -2.18. The largest absolute Gasteiger partial charge is 0.482 e. The van der Waals surface area contributed by atoms with Gasteiger partial charge in [0.15, 0.2) is 6.61 Å². The molecule has 3 rings (SSSR count). The number of hydrogen-bond donors (Lipinski definition) is 2. The molecule has 0 bridgehead atoms. The average Bonchev–Trinajstić information content (AvgIpc) is 2.93. The van der Waals surface area contributed by atoms with Crippen LogP contribution >= 0.6 is 0 Å². The van der Waals surface area contributed by atoms with Crippen LogP contribution in [-0.2, 0) is 4.79 Å². The summed E-state index contributed by atoms with van der Waals surface area (Å²) in [6, 6.07) is 6.40. The predicted octanol–water partition coefficient (Wildman–Crippen LogP) is 1.26. The Labute approximate surface area is 107 Å². The Morgan fingerprint density at radius 3 is 3.05 bits per heavy atom. The lowest BCUT2D eigenvalue weighted by Crippen LogP contribution is -2.25. The highest BCUT2D eigenvalue weighted by molar-refractivity contribution is 6.03. The van der Waals surface area contributed by atoms with E-state index >= 15 is 0 Å². The number of hydrogen-bond acceptors (Lipinski definition) is 5. The fourth-order valence-corrected chi connectivity index (χ4v) is 1.68. The second kappa shape index (κ2) is 4.45. The van der Waals surface area contributed by atoms with Crippen LogP contribution in [0.2, 0.25) is 0 Å². The fraction of sp³-hybridized carbons (Fsp3) is 0.0833. The number of nitrogens with one attached hydrogen (secondary N) is 2. The first-order valence-corrected chi connectivity index (χ1v) is 5.51. The standard InChI is InChI=1S/C12H9N3O4/c16-11-6-18-10-5-7(1-2-8(10)15-11)14-12(17)9-3-4-13-19-9/h1-5H,6H2,(H,14,17)(H,15,16). The first-order chi connectivity index (χ1) is 9.22. The van der Waals surface area contributed by atoms with E-state index in [4.69, 9.17) is 9.26 Å². The molecule has 0 saturated carbocycles. The van der Waals surface area contributed by atoms with Gasteiger partial charge in [-0.3, -0.25) is 9.59 Å². The van der Waals surface area contributed by atoms with Gasteiger partial charge in [0.2, 0.25) is 5.76 Å². The summed E-state index contributed by atoms with van der Waals surface area (Å²) < 4.78 is 9.99. The topological polar surface area (TPSA) is 93.5 Å². The maximum atomic E-state index is 11.7. The van der Waals surface area contributed by atoms with Gasteiger partial charge in [-0.25, -0.2) is 0 Å². The molecule has 2 amide bonds. The van der Waals surface area contributed by atoms with Crippen molar-refractivity contribution in [3.63, 3.8) is 0 Å². The zero-order valence-electron chi connectivity index (χ0n) is 9.67. The van der Waals surface area contributed by atoms with Gasteiger partial charge in [-0.15, -0.1) is 0 Å². The Morgan fingerprint density at radius 2 is 2.26 bits per heavy atom. The summed E-state index contributed by atoms with van der Waals surface area (Å²) in [6.45, 7) is -0.0352. The summed E-state index contributed by atoms with van der Waals surface area (Å²) in [5.41, 5.74) is 1.12. The number of carbonyl (C=O) groups is 2. The Balaban J connectivity index is 1.79. The van der Waals surface area contributed by atoms with E-state index in [1.165, 1.54) is 12.3 Å². The molecule has 1 aromatic heterocycles. The zero-order chi connectivity index (χ0) is 13.2. The van der Waals surface area contributed by atoms with Crippen LogP contribution in [0.3, 0.4) is 0 Å². The van der Waals surface area contributed by atoms with Crippen molar-refractivity contribution >= 4 is 23.2 Å². The van der Waals surface area contributed by atoms with Crippen molar-refractivity contribution in [3.8, 4) is 5.75 Å². The lowest BCUT2D eigenvalue weighted by molar-refractivity contribution is -0.118. The van der Waals surface area contributed by atoms with E-state index in [0.717, 1.165) is 0 Å². The number of fused-ring (bicyclic) bond motifs is 1. The van der Waals surface area contributed by atoms with Gasteiger partial charge in [-0.1, -0.05) is 5.16 Å². The van der Waals surface area contributed by atoms with Gasteiger partial charge in [0.05, 0.1) is 11.9 Å². The van der Waals surface area contributed by atoms with Crippen LogP contribution in [0.15, 0.2) is 35.0 Å². The molecule has 2 N–H and O–H groups in total. The second-order valence-corrected chi connectivity index (χ2v) is 3.88. The number of amides is 2. The van der Waals surface area contributed by atoms with Crippen molar-refractivity contribution < 1.29 is 18.8 Å². The molecule has 0 unspecified atom stereocenters. The summed E-state index contributed by atoms with van der Waals surface area (Å²) in [4.78, 5) is 22.9. The molecular weight excluding hydrogens is 250 g/mol. The molecule has 0 radical (unpaired) electrons. The third-order valence-electron chi connectivity index (χ3n) is 2.53. The van der Waals surface area contributed by atoms with Gasteiger partial charge in [0.25, 0.3) is 11.8 Å². The van der Waals surface area contributed by atoms with Gasteiger partial charge in [-0.05, 0) is 12.1 Å². The SMILES string of the molecule is O=C1COc2cc(NC(=O)c3ccno3)ccc2N1. The van der Waals surface area contributed by atoms with E-state index in [9.17, 15) is 9.59 Å². The number of benzene rings is 1. The van der Waals surface area contributed by atoms with Crippen LogP contribution in [-0.4, -0.2) is 23.6 Å². The minimum Gasteiger partial charge on any atom is -0.482 e. The maximum absolute atomic E-state index is 11.7. The molecule has 0 spiro atoms. The van der Waals surface area contributed by atoms with E-state index < -0.39 is 5.91 Å². The fourth-order valence-electron chi connectivity index (χ4n) is 1.68. The van der Waals surface area contributed by atoms with Crippen molar-refractivity contribution in [1.29, 1.82) is 0 Å². The number of anilines is 2. The van der Waals surface area contributed by atoms with Crippen LogP contribution in [0.5, 0.6) is 5.75 Å². The molecule has 0 atom stereocenters. The Kier molecular flexibility index (Phi) is 2.64. The number of aromatic nitrogens is 1. The van der Waals surface area contributed by atoms with Crippen LogP contribution in [0.1, 0.15) is 10.6 Å². The van der Waals surface area contributed by atoms with Crippen LogP contribution < -0.4 is 15.4 Å². The van der Waals surface area contributed by atoms with E-state index in [1.54, 1.807) is 18.2 Å². The third kappa shape index (κ3) is 2.25. The minimum absolute atomic E-state index is 0.0352. The molecule has 1 aromatic carbocycles. The third-order valence-corrected chi connectivity index (χ3v) is 2.53. The van der Waals surface area contributed by atoms with Crippen molar-refractivity contribution in [1.82, 2.24) is 5.16 Å². The quantitative estimate of drug-likeness (QED) is 0.846. The summed E-state index contributed by atoms with van der Waals surface area (Å²) >= 11 is 0. The van der Waals surface area contributed by atoms with Gasteiger partial charge in [-0.2, -0.15) is 0 Å². The van der Waals surface area contributed by atoms with Crippen molar-refractivity contribution in [2.45, 2.75) is 0 Å². The Bertz CT molecular complexity index is 636. The highest BCUT2D eigenvalue weighted by Crippen LogP contribution is 2.30. The summed E-state index contributed by atoms with van der Waals surface area (Å²) in [5, 5.41) is 8.76. The predicted molar refractivity (Wildman–Crippen MR) is 65.0 cm³/mol. The van der Waals surface area contributed by atoms with Crippen molar-refractivity contribution in [3.05, 3.63) is 36.2 Å². The molecule has 1 aliphatic heterocycles. The first-order valence-electron chi connectivity index (χ1n) is 5.51. The van der Waals surface area contributed by atoms with Gasteiger partial charge < -0.3 is 19.9 Å². The average molecular weight is 259 g/mol. The summed E-state index contributed by atoms with van der Waals surface area (Å²) in [5.74, 6) is 0.0187. The van der Waals surface area contributed by atoms with Crippen LogP contribution in [0.25, 0.3) is 0 Å². The van der Waals surface area contributed by atoms with Crippen molar-refractivity contribution in [2.24, 2.45) is 0 Å². The molecule has 1 aliphatic rings. The van der Waals surface area contributed by atoms with E-state index in [-0.39, 0.29) is 18.3 Å². The monoisotopic (exact) mass is 259 g/mol. The minimum atomic E-state index is -0.405. The van der Waals surface area contributed by atoms with Crippen molar-refractivity contribution in [2.75, 3.05) is 17.2 Å². The molecule has 0 fully saturated rings.